The Balaban J connectivity index is 2.65. The quantitative estimate of drug-likeness (QED) is 0.791. The van der Waals surface area contributed by atoms with Gasteiger partial charge in [0.25, 0.3) is 0 Å². The zero-order chi connectivity index (χ0) is 12.6. The summed E-state index contributed by atoms with van der Waals surface area (Å²) < 4.78 is 1.84. The van der Waals surface area contributed by atoms with Gasteiger partial charge >= 0.3 is 0 Å². The Labute approximate surface area is 109 Å². The summed E-state index contributed by atoms with van der Waals surface area (Å²) in [5.41, 5.74) is 1.99. The van der Waals surface area contributed by atoms with Gasteiger partial charge in [-0.25, -0.2) is 4.98 Å². The topological polar surface area (TPSA) is 41.6 Å². The van der Waals surface area contributed by atoms with Gasteiger partial charge in [0.2, 0.25) is 0 Å². The van der Waals surface area contributed by atoms with Crippen LogP contribution in [-0.2, 0) is 7.05 Å². The third-order valence-electron chi connectivity index (χ3n) is 2.66. The molecule has 86 valence electrons. The van der Waals surface area contributed by atoms with Crippen molar-refractivity contribution in [3.8, 4) is 17.5 Å². The lowest BCUT2D eigenvalue weighted by molar-refractivity contribution is 0.883. The van der Waals surface area contributed by atoms with Crippen LogP contribution in [0.3, 0.4) is 0 Å². The number of hydrogen-bond donors (Lipinski definition) is 0. The van der Waals surface area contributed by atoms with Crippen molar-refractivity contribution >= 4 is 23.2 Å². The van der Waals surface area contributed by atoms with Crippen molar-refractivity contribution in [2.24, 2.45) is 7.05 Å². The number of rotatable bonds is 1. The molecule has 0 spiro atoms. The second-order valence-corrected chi connectivity index (χ2v) is 4.51. The number of nitrogens with zero attached hydrogens (tertiary/aromatic N) is 3. The van der Waals surface area contributed by atoms with Crippen LogP contribution in [0.4, 0.5) is 0 Å². The van der Waals surface area contributed by atoms with E-state index in [4.69, 9.17) is 28.5 Å². The number of halogens is 2. The average molecular weight is 266 g/mol. The predicted octanol–water partition coefficient (Wildman–Crippen LogP) is 3.57. The van der Waals surface area contributed by atoms with Crippen molar-refractivity contribution in [1.82, 2.24) is 9.55 Å². The second kappa shape index (κ2) is 4.40. The van der Waals surface area contributed by atoms with E-state index in [1.165, 1.54) is 0 Å². The van der Waals surface area contributed by atoms with Gasteiger partial charge in [0.1, 0.15) is 11.9 Å². The number of imidazole rings is 1. The lowest BCUT2D eigenvalue weighted by Gasteiger charge is -2.05. The van der Waals surface area contributed by atoms with Crippen LogP contribution in [-0.4, -0.2) is 9.55 Å². The Morgan fingerprint density at radius 2 is 2.06 bits per heavy atom. The molecule has 2 aromatic rings. The van der Waals surface area contributed by atoms with Gasteiger partial charge in [-0.2, -0.15) is 5.26 Å². The molecule has 2 rings (SSSR count). The van der Waals surface area contributed by atoms with Crippen LogP contribution in [0.15, 0.2) is 18.2 Å². The Bertz CT molecular complexity index is 623. The highest BCUT2D eigenvalue weighted by molar-refractivity contribution is 6.36. The first-order chi connectivity index (χ1) is 8.04. The smallest absolute Gasteiger partial charge is 0.162 e. The maximum absolute atomic E-state index is 8.94. The Hall–Kier alpha value is -1.50. The van der Waals surface area contributed by atoms with E-state index >= 15 is 0 Å². The molecule has 0 unspecified atom stereocenters. The molecule has 0 fully saturated rings. The monoisotopic (exact) mass is 265 g/mol. The molecule has 0 radical (unpaired) electrons. The summed E-state index contributed by atoms with van der Waals surface area (Å²) in [5.74, 6) is 0.667. The van der Waals surface area contributed by atoms with Gasteiger partial charge < -0.3 is 4.57 Å². The van der Waals surface area contributed by atoms with Gasteiger partial charge in [-0.3, -0.25) is 0 Å². The van der Waals surface area contributed by atoms with Crippen LogP contribution in [0, 0.1) is 18.3 Å². The van der Waals surface area contributed by atoms with Crippen LogP contribution < -0.4 is 0 Å². The molecule has 0 bridgehead atoms. The number of nitriles is 1. The van der Waals surface area contributed by atoms with Crippen LogP contribution in [0.2, 0.25) is 10.0 Å². The molecule has 0 amide bonds. The first kappa shape index (κ1) is 12.0. The van der Waals surface area contributed by atoms with Crippen LogP contribution in [0.1, 0.15) is 11.4 Å². The normalized spacial score (nSPS) is 10.3. The largest absolute Gasteiger partial charge is 0.330 e. The van der Waals surface area contributed by atoms with E-state index in [0.717, 1.165) is 11.3 Å². The maximum Gasteiger partial charge on any atom is 0.162 e. The van der Waals surface area contributed by atoms with Crippen molar-refractivity contribution in [3.05, 3.63) is 39.6 Å². The SMILES string of the molecule is Cc1c(C#N)nc(-c2ccc(Cl)cc2Cl)n1C. The van der Waals surface area contributed by atoms with E-state index in [-0.39, 0.29) is 0 Å². The van der Waals surface area contributed by atoms with Crippen LogP contribution in [0.25, 0.3) is 11.4 Å². The minimum atomic E-state index is 0.411. The molecule has 0 saturated heterocycles. The molecule has 0 saturated carbocycles. The third kappa shape index (κ3) is 2.02. The molecule has 0 atom stereocenters. The highest BCUT2D eigenvalue weighted by atomic mass is 35.5. The lowest BCUT2D eigenvalue weighted by atomic mass is 10.2. The van der Waals surface area contributed by atoms with E-state index in [2.05, 4.69) is 11.1 Å². The number of hydrogen-bond acceptors (Lipinski definition) is 2. The van der Waals surface area contributed by atoms with Gasteiger partial charge in [-0.05, 0) is 25.1 Å². The number of aromatic nitrogens is 2. The molecule has 0 aliphatic heterocycles. The van der Waals surface area contributed by atoms with Crippen LogP contribution >= 0.6 is 23.2 Å². The summed E-state index contributed by atoms with van der Waals surface area (Å²) in [4.78, 5) is 4.26. The molecule has 5 heteroatoms. The zero-order valence-electron chi connectivity index (χ0n) is 9.33. The lowest BCUT2D eigenvalue weighted by Crippen LogP contribution is -1.95. The average Bonchev–Trinajstić information content (AvgIpc) is 2.57. The van der Waals surface area contributed by atoms with Crippen molar-refractivity contribution in [2.45, 2.75) is 6.92 Å². The Morgan fingerprint density at radius 1 is 1.35 bits per heavy atom. The summed E-state index contributed by atoms with van der Waals surface area (Å²) in [5, 5.41) is 10.0. The minimum Gasteiger partial charge on any atom is -0.330 e. The van der Waals surface area contributed by atoms with Crippen molar-refractivity contribution < 1.29 is 0 Å². The molecular formula is C12H9Cl2N3. The molecule has 17 heavy (non-hydrogen) atoms. The summed E-state index contributed by atoms with van der Waals surface area (Å²) in [6, 6.07) is 7.27. The van der Waals surface area contributed by atoms with Gasteiger partial charge in [0.05, 0.1) is 10.7 Å². The summed E-state index contributed by atoms with van der Waals surface area (Å²) in [6.45, 7) is 1.85. The molecule has 0 N–H and O–H groups in total. The van der Waals surface area contributed by atoms with Gasteiger partial charge in [-0.1, -0.05) is 23.2 Å². The van der Waals surface area contributed by atoms with Gasteiger partial charge in [0.15, 0.2) is 5.69 Å². The molecule has 3 nitrogen and oxygen atoms in total. The summed E-state index contributed by atoms with van der Waals surface area (Å²) in [6.07, 6.45) is 0. The fourth-order valence-corrected chi connectivity index (χ4v) is 2.09. The first-order valence-corrected chi connectivity index (χ1v) is 5.69. The minimum absolute atomic E-state index is 0.411. The first-order valence-electron chi connectivity index (χ1n) is 4.93. The Kier molecular flexibility index (Phi) is 3.10. The fourth-order valence-electron chi connectivity index (χ4n) is 1.60. The summed E-state index contributed by atoms with van der Waals surface area (Å²) >= 11 is 12.0. The molecule has 1 aromatic carbocycles. The van der Waals surface area contributed by atoms with Crippen molar-refractivity contribution in [1.29, 1.82) is 5.26 Å². The van der Waals surface area contributed by atoms with E-state index in [9.17, 15) is 0 Å². The van der Waals surface area contributed by atoms with E-state index in [1.807, 2.05) is 18.5 Å². The maximum atomic E-state index is 8.94. The predicted molar refractivity (Wildman–Crippen MR) is 68.1 cm³/mol. The molecule has 0 aliphatic carbocycles. The Morgan fingerprint density at radius 3 is 2.59 bits per heavy atom. The van der Waals surface area contributed by atoms with Gasteiger partial charge in [0, 0.05) is 17.6 Å². The fraction of sp³-hybridized carbons (Fsp3) is 0.167. The number of benzene rings is 1. The third-order valence-corrected chi connectivity index (χ3v) is 3.21. The molecule has 0 aliphatic rings. The molecule has 1 heterocycles. The molecular weight excluding hydrogens is 257 g/mol. The standard InChI is InChI=1S/C12H9Cl2N3/c1-7-11(6-15)16-12(17(7)2)9-4-3-8(13)5-10(9)14/h3-5H,1-2H3. The van der Waals surface area contributed by atoms with E-state index < -0.39 is 0 Å². The van der Waals surface area contributed by atoms with E-state index in [1.54, 1.807) is 18.2 Å². The highest BCUT2D eigenvalue weighted by Crippen LogP contribution is 2.30. The van der Waals surface area contributed by atoms with Crippen LogP contribution in [0.5, 0.6) is 0 Å². The van der Waals surface area contributed by atoms with Crippen molar-refractivity contribution in [3.63, 3.8) is 0 Å². The summed E-state index contributed by atoms with van der Waals surface area (Å²) in [7, 11) is 1.85. The zero-order valence-corrected chi connectivity index (χ0v) is 10.8. The van der Waals surface area contributed by atoms with E-state index in [0.29, 0.717) is 21.6 Å². The second-order valence-electron chi connectivity index (χ2n) is 3.66. The highest BCUT2D eigenvalue weighted by Gasteiger charge is 2.14. The van der Waals surface area contributed by atoms with Gasteiger partial charge in [-0.15, -0.1) is 0 Å². The van der Waals surface area contributed by atoms with Crippen molar-refractivity contribution in [2.75, 3.05) is 0 Å². The molecule has 1 aromatic heterocycles.